The van der Waals surface area contributed by atoms with Gasteiger partial charge in [0.2, 0.25) is 0 Å². The molecule has 1 aromatic rings. The first-order chi connectivity index (χ1) is 7.69. The quantitative estimate of drug-likeness (QED) is 0.704. The van der Waals surface area contributed by atoms with Crippen LogP contribution in [0.1, 0.15) is 18.9 Å². The van der Waals surface area contributed by atoms with Gasteiger partial charge in [-0.2, -0.15) is 0 Å². The van der Waals surface area contributed by atoms with Crippen molar-refractivity contribution in [3.63, 3.8) is 0 Å². The average Bonchev–Trinajstić information content (AvgIpc) is 2.24. The summed E-state index contributed by atoms with van der Waals surface area (Å²) in [6, 6.07) is 4.77. The lowest BCUT2D eigenvalue weighted by atomic mass is 10.2. The van der Waals surface area contributed by atoms with Crippen LogP contribution in [0.3, 0.4) is 0 Å². The van der Waals surface area contributed by atoms with Crippen molar-refractivity contribution in [2.75, 3.05) is 19.0 Å². The fourth-order valence-corrected chi connectivity index (χ4v) is 2.07. The molecule has 90 valence electrons. The van der Waals surface area contributed by atoms with Gasteiger partial charge in [-0.25, -0.2) is 4.39 Å². The van der Waals surface area contributed by atoms with Gasteiger partial charge in [-0.1, -0.05) is 24.6 Å². The van der Waals surface area contributed by atoms with Crippen molar-refractivity contribution in [3.8, 4) is 0 Å². The SMILES string of the molecule is CCCN(CCCl)Cc1c(F)cccc1Cl. The van der Waals surface area contributed by atoms with Gasteiger partial charge >= 0.3 is 0 Å². The highest BCUT2D eigenvalue weighted by molar-refractivity contribution is 6.31. The molecule has 0 aliphatic heterocycles. The molecule has 1 aromatic carbocycles. The van der Waals surface area contributed by atoms with Gasteiger partial charge in [0.05, 0.1) is 0 Å². The number of benzene rings is 1. The van der Waals surface area contributed by atoms with Crippen LogP contribution in [-0.2, 0) is 6.54 Å². The van der Waals surface area contributed by atoms with Crippen LogP contribution in [0.2, 0.25) is 5.02 Å². The Morgan fingerprint density at radius 1 is 1.31 bits per heavy atom. The van der Waals surface area contributed by atoms with Gasteiger partial charge < -0.3 is 0 Å². The molecule has 0 unspecified atom stereocenters. The molecular weight excluding hydrogens is 248 g/mol. The highest BCUT2D eigenvalue weighted by atomic mass is 35.5. The molecule has 0 bridgehead atoms. The standard InChI is InChI=1S/C12H16Cl2FN/c1-2-7-16(8-6-13)9-10-11(14)4-3-5-12(10)15/h3-5H,2,6-9H2,1H3. The molecule has 1 rings (SSSR count). The summed E-state index contributed by atoms with van der Waals surface area (Å²) in [6.45, 7) is 4.26. The average molecular weight is 264 g/mol. The van der Waals surface area contributed by atoms with Crippen molar-refractivity contribution in [2.45, 2.75) is 19.9 Å². The number of halogens is 3. The third kappa shape index (κ3) is 3.93. The Bertz CT molecular complexity index is 305. The molecule has 0 radical (unpaired) electrons. The molecule has 0 atom stereocenters. The number of hydrogen-bond donors (Lipinski definition) is 0. The predicted octanol–water partition coefficient (Wildman–Crippen LogP) is 3.93. The minimum absolute atomic E-state index is 0.247. The molecule has 0 aliphatic rings. The molecule has 0 fully saturated rings. The molecule has 0 saturated heterocycles. The Balaban J connectivity index is 2.76. The highest BCUT2D eigenvalue weighted by Crippen LogP contribution is 2.20. The first-order valence-corrected chi connectivity index (χ1v) is 6.31. The molecule has 0 spiro atoms. The van der Waals surface area contributed by atoms with Gasteiger partial charge in [0, 0.05) is 29.6 Å². The first-order valence-electron chi connectivity index (χ1n) is 5.40. The smallest absolute Gasteiger partial charge is 0.129 e. The Kier molecular flexibility index (Phi) is 6.10. The Morgan fingerprint density at radius 3 is 2.62 bits per heavy atom. The van der Waals surface area contributed by atoms with Gasteiger partial charge in [0.1, 0.15) is 5.82 Å². The van der Waals surface area contributed by atoms with Crippen LogP contribution in [0.15, 0.2) is 18.2 Å². The van der Waals surface area contributed by atoms with Gasteiger partial charge in [-0.05, 0) is 25.1 Å². The van der Waals surface area contributed by atoms with Crippen LogP contribution in [-0.4, -0.2) is 23.9 Å². The van der Waals surface area contributed by atoms with E-state index >= 15 is 0 Å². The van der Waals surface area contributed by atoms with Crippen molar-refractivity contribution >= 4 is 23.2 Å². The molecule has 16 heavy (non-hydrogen) atoms. The first kappa shape index (κ1) is 13.8. The van der Waals surface area contributed by atoms with E-state index in [0.717, 1.165) is 19.5 Å². The largest absolute Gasteiger partial charge is 0.298 e. The number of rotatable bonds is 6. The molecule has 0 aromatic heterocycles. The Hall–Kier alpha value is -0.310. The van der Waals surface area contributed by atoms with Gasteiger partial charge in [-0.3, -0.25) is 4.90 Å². The maximum atomic E-state index is 13.5. The Morgan fingerprint density at radius 2 is 2.06 bits per heavy atom. The summed E-state index contributed by atoms with van der Waals surface area (Å²) in [5, 5.41) is 0.482. The van der Waals surface area contributed by atoms with Crippen molar-refractivity contribution in [2.24, 2.45) is 0 Å². The molecular formula is C12H16Cl2FN. The summed E-state index contributed by atoms with van der Waals surface area (Å²) in [6.07, 6.45) is 1.02. The summed E-state index contributed by atoms with van der Waals surface area (Å²) >= 11 is 11.7. The van der Waals surface area contributed by atoms with Crippen molar-refractivity contribution in [1.82, 2.24) is 4.90 Å². The van der Waals surface area contributed by atoms with Crippen molar-refractivity contribution in [3.05, 3.63) is 34.6 Å². The zero-order valence-electron chi connectivity index (χ0n) is 9.35. The third-order valence-corrected chi connectivity index (χ3v) is 2.91. The fourth-order valence-electron chi connectivity index (χ4n) is 1.61. The maximum Gasteiger partial charge on any atom is 0.129 e. The summed E-state index contributed by atoms with van der Waals surface area (Å²) in [7, 11) is 0. The molecule has 4 heteroatoms. The van der Waals surface area contributed by atoms with Crippen LogP contribution < -0.4 is 0 Å². The predicted molar refractivity (Wildman–Crippen MR) is 67.7 cm³/mol. The van der Waals surface area contributed by atoms with Gasteiger partial charge in [0.15, 0.2) is 0 Å². The molecule has 0 amide bonds. The Labute approximate surface area is 106 Å². The number of alkyl halides is 1. The zero-order chi connectivity index (χ0) is 12.0. The van der Waals surface area contributed by atoms with Gasteiger partial charge in [-0.15, -0.1) is 11.6 Å². The lowest BCUT2D eigenvalue weighted by Gasteiger charge is -2.21. The van der Waals surface area contributed by atoms with Crippen LogP contribution in [0, 0.1) is 5.82 Å². The van der Waals surface area contributed by atoms with E-state index in [-0.39, 0.29) is 5.82 Å². The van der Waals surface area contributed by atoms with E-state index in [1.165, 1.54) is 6.07 Å². The van der Waals surface area contributed by atoms with E-state index in [1.807, 2.05) is 0 Å². The van der Waals surface area contributed by atoms with E-state index in [0.29, 0.717) is 23.0 Å². The number of nitrogens with zero attached hydrogens (tertiary/aromatic N) is 1. The lowest BCUT2D eigenvalue weighted by molar-refractivity contribution is 0.278. The highest BCUT2D eigenvalue weighted by Gasteiger charge is 2.11. The summed E-state index contributed by atoms with van der Waals surface area (Å²) in [5.74, 6) is 0.301. The minimum atomic E-state index is -0.247. The van der Waals surface area contributed by atoms with Crippen LogP contribution in [0.5, 0.6) is 0 Å². The monoisotopic (exact) mass is 263 g/mol. The summed E-state index contributed by atoms with van der Waals surface area (Å²) < 4.78 is 13.5. The van der Waals surface area contributed by atoms with Crippen molar-refractivity contribution < 1.29 is 4.39 Å². The molecule has 0 heterocycles. The summed E-state index contributed by atoms with van der Waals surface area (Å²) in [4.78, 5) is 2.11. The molecule has 0 N–H and O–H groups in total. The van der Waals surface area contributed by atoms with E-state index in [2.05, 4.69) is 11.8 Å². The molecule has 0 aliphatic carbocycles. The number of hydrogen-bond acceptors (Lipinski definition) is 1. The van der Waals surface area contributed by atoms with Crippen LogP contribution >= 0.6 is 23.2 Å². The zero-order valence-corrected chi connectivity index (χ0v) is 10.9. The lowest BCUT2D eigenvalue weighted by Crippen LogP contribution is -2.26. The molecule has 0 saturated carbocycles. The van der Waals surface area contributed by atoms with E-state index < -0.39 is 0 Å². The fraction of sp³-hybridized carbons (Fsp3) is 0.500. The second-order valence-corrected chi connectivity index (χ2v) is 4.45. The van der Waals surface area contributed by atoms with E-state index in [9.17, 15) is 4.39 Å². The second kappa shape index (κ2) is 7.10. The van der Waals surface area contributed by atoms with E-state index in [1.54, 1.807) is 12.1 Å². The van der Waals surface area contributed by atoms with Crippen LogP contribution in [0.4, 0.5) is 4.39 Å². The van der Waals surface area contributed by atoms with Gasteiger partial charge in [0.25, 0.3) is 0 Å². The van der Waals surface area contributed by atoms with Crippen LogP contribution in [0.25, 0.3) is 0 Å². The topological polar surface area (TPSA) is 3.24 Å². The summed E-state index contributed by atoms with van der Waals surface area (Å²) in [5.41, 5.74) is 0.558. The second-order valence-electron chi connectivity index (χ2n) is 3.67. The minimum Gasteiger partial charge on any atom is -0.298 e. The maximum absolute atomic E-state index is 13.5. The van der Waals surface area contributed by atoms with E-state index in [4.69, 9.17) is 23.2 Å². The van der Waals surface area contributed by atoms with Crippen molar-refractivity contribution in [1.29, 1.82) is 0 Å². The normalized spacial score (nSPS) is 11.1. The third-order valence-electron chi connectivity index (χ3n) is 2.38. The molecule has 1 nitrogen and oxygen atoms in total.